The van der Waals surface area contributed by atoms with E-state index in [9.17, 15) is 14.4 Å². The van der Waals surface area contributed by atoms with Crippen molar-refractivity contribution in [3.05, 3.63) is 109 Å². The molecule has 0 saturated carbocycles. The molecule has 1 unspecified atom stereocenters. The second kappa shape index (κ2) is 55.7. The van der Waals surface area contributed by atoms with E-state index in [1.54, 1.807) is 0 Å². The predicted octanol–water partition coefficient (Wildman–Crippen LogP) is 18.7. The molecular weight excluding hydrogens is 841 g/mol. The summed E-state index contributed by atoms with van der Waals surface area (Å²) in [7, 11) is 0. The summed E-state index contributed by atoms with van der Waals surface area (Å²) in [6.07, 6.45) is 75.1. The molecule has 0 amide bonds. The largest absolute Gasteiger partial charge is 0.462 e. The van der Waals surface area contributed by atoms with Crippen molar-refractivity contribution in [1.29, 1.82) is 0 Å². The molecule has 0 aliphatic heterocycles. The minimum absolute atomic E-state index is 0.112. The molecule has 0 aromatic carbocycles. The maximum absolute atomic E-state index is 12.8. The molecule has 6 heteroatoms. The lowest BCUT2D eigenvalue weighted by molar-refractivity contribution is -0.167. The van der Waals surface area contributed by atoms with Gasteiger partial charge in [-0.25, -0.2) is 0 Å². The van der Waals surface area contributed by atoms with E-state index >= 15 is 0 Å². The van der Waals surface area contributed by atoms with Crippen LogP contribution in [0.15, 0.2) is 109 Å². The first-order valence-corrected chi connectivity index (χ1v) is 27.9. The molecule has 0 bridgehead atoms. The van der Waals surface area contributed by atoms with Crippen molar-refractivity contribution < 1.29 is 28.6 Å². The Hall–Kier alpha value is -3.93. The standard InChI is InChI=1S/C62H102O6/c1-4-7-10-13-16-19-22-25-28-30-31-33-34-37-40-43-46-49-52-55-61(64)67-58-59(57-66-60(63)54-51-48-45-42-39-36-27-24-21-18-15-12-9-6-3)68-62(65)56-53-50-47-44-41-38-35-32-29-26-23-20-17-14-11-8-5-2/h8-9,11-12,17-18,20-21,26-27,29-31,35-36,38,44,47,59H,4-7,10,13-16,19,22-25,28,32-34,37,39-43,45-46,48-58H2,1-3H3/b11-8-,12-9-,20-17-,21-18-,29-26-,31-30-,36-27-,38-35-,47-44-. The summed E-state index contributed by atoms with van der Waals surface area (Å²) in [4.78, 5) is 38.1. The third kappa shape index (κ3) is 53.0. The van der Waals surface area contributed by atoms with Gasteiger partial charge in [0.2, 0.25) is 0 Å². The molecule has 0 rings (SSSR count). The van der Waals surface area contributed by atoms with E-state index < -0.39 is 6.10 Å². The van der Waals surface area contributed by atoms with Gasteiger partial charge in [0.1, 0.15) is 13.2 Å². The Balaban J connectivity index is 4.50. The molecule has 0 N–H and O–H groups in total. The highest BCUT2D eigenvalue weighted by Crippen LogP contribution is 2.14. The predicted molar refractivity (Wildman–Crippen MR) is 293 cm³/mol. The lowest BCUT2D eigenvalue weighted by Crippen LogP contribution is -2.30. The first kappa shape index (κ1) is 64.1. The molecule has 1 atom stereocenters. The van der Waals surface area contributed by atoms with Crippen LogP contribution in [0, 0.1) is 0 Å². The second-order valence-electron chi connectivity index (χ2n) is 18.1. The van der Waals surface area contributed by atoms with Crippen molar-refractivity contribution in [3.8, 4) is 0 Å². The maximum atomic E-state index is 12.8. The van der Waals surface area contributed by atoms with Gasteiger partial charge in [-0.05, 0) is 116 Å². The van der Waals surface area contributed by atoms with Crippen LogP contribution >= 0.6 is 0 Å². The fraction of sp³-hybridized carbons (Fsp3) is 0.661. The van der Waals surface area contributed by atoms with Crippen molar-refractivity contribution in [3.63, 3.8) is 0 Å². The van der Waals surface area contributed by atoms with E-state index in [1.807, 2.05) is 0 Å². The zero-order valence-electron chi connectivity index (χ0n) is 44.1. The van der Waals surface area contributed by atoms with Crippen LogP contribution in [0.1, 0.15) is 245 Å². The molecule has 386 valence electrons. The van der Waals surface area contributed by atoms with Crippen molar-refractivity contribution >= 4 is 17.9 Å². The number of carbonyl (C=O) groups excluding carboxylic acids is 3. The number of rotatable bonds is 49. The first-order chi connectivity index (χ1) is 33.5. The molecule has 0 aliphatic rings. The van der Waals surface area contributed by atoms with Crippen LogP contribution in [0.2, 0.25) is 0 Å². The number of hydrogen-bond donors (Lipinski definition) is 0. The molecule has 0 aromatic rings. The number of unbranched alkanes of at least 4 members (excludes halogenated alkanes) is 20. The number of hydrogen-bond acceptors (Lipinski definition) is 6. The van der Waals surface area contributed by atoms with Crippen molar-refractivity contribution in [2.45, 2.75) is 252 Å². The topological polar surface area (TPSA) is 78.9 Å². The quantitative estimate of drug-likeness (QED) is 0.0262. The molecule has 0 aliphatic carbocycles. The summed E-state index contributed by atoms with van der Waals surface area (Å²) in [5.41, 5.74) is 0. The third-order valence-corrected chi connectivity index (χ3v) is 11.5. The van der Waals surface area contributed by atoms with Crippen molar-refractivity contribution in [2.75, 3.05) is 13.2 Å². The van der Waals surface area contributed by atoms with Crippen LogP contribution in [0.25, 0.3) is 0 Å². The first-order valence-electron chi connectivity index (χ1n) is 27.9. The van der Waals surface area contributed by atoms with Crippen LogP contribution < -0.4 is 0 Å². The lowest BCUT2D eigenvalue weighted by Gasteiger charge is -2.18. The monoisotopic (exact) mass is 943 g/mol. The number of allylic oxidation sites excluding steroid dienone is 18. The third-order valence-electron chi connectivity index (χ3n) is 11.5. The van der Waals surface area contributed by atoms with E-state index in [4.69, 9.17) is 14.2 Å². The van der Waals surface area contributed by atoms with Gasteiger partial charge in [0, 0.05) is 19.3 Å². The van der Waals surface area contributed by atoms with E-state index in [0.29, 0.717) is 19.3 Å². The molecule has 6 nitrogen and oxygen atoms in total. The minimum atomic E-state index is -0.821. The zero-order valence-corrected chi connectivity index (χ0v) is 44.1. The van der Waals surface area contributed by atoms with Crippen molar-refractivity contribution in [1.82, 2.24) is 0 Å². The molecule has 0 aromatic heterocycles. The maximum Gasteiger partial charge on any atom is 0.306 e. The van der Waals surface area contributed by atoms with Gasteiger partial charge >= 0.3 is 17.9 Å². The normalized spacial score (nSPS) is 12.9. The minimum Gasteiger partial charge on any atom is -0.462 e. The molecule has 0 fully saturated rings. The fourth-order valence-corrected chi connectivity index (χ4v) is 7.37. The van der Waals surface area contributed by atoms with Gasteiger partial charge in [0.15, 0.2) is 6.10 Å². The van der Waals surface area contributed by atoms with E-state index in [2.05, 4.69) is 130 Å². The van der Waals surface area contributed by atoms with Crippen molar-refractivity contribution in [2.24, 2.45) is 0 Å². The Morgan fingerprint density at radius 3 is 0.956 bits per heavy atom. The molecule has 0 radical (unpaired) electrons. The highest BCUT2D eigenvalue weighted by Gasteiger charge is 2.19. The summed E-state index contributed by atoms with van der Waals surface area (Å²) in [6.45, 7) is 6.34. The van der Waals surface area contributed by atoms with Gasteiger partial charge in [0.25, 0.3) is 0 Å². The zero-order chi connectivity index (χ0) is 49.3. The molecule has 0 saturated heterocycles. The Morgan fingerprint density at radius 1 is 0.309 bits per heavy atom. The van der Waals surface area contributed by atoms with E-state index in [-0.39, 0.29) is 37.5 Å². The number of ether oxygens (including phenoxy) is 3. The molecule has 0 heterocycles. The van der Waals surface area contributed by atoms with E-state index in [1.165, 1.54) is 89.9 Å². The van der Waals surface area contributed by atoms with Gasteiger partial charge in [-0.1, -0.05) is 220 Å². The van der Waals surface area contributed by atoms with Gasteiger partial charge in [-0.15, -0.1) is 0 Å². The molecule has 0 spiro atoms. The lowest BCUT2D eigenvalue weighted by atomic mass is 10.1. The Bertz CT molecular complexity index is 1410. The van der Waals surface area contributed by atoms with Crippen LogP contribution in [0.3, 0.4) is 0 Å². The Kier molecular flexibility index (Phi) is 52.4. The fourth-order valence-electron chi connectivity index (χ4n) is 7.37. The summed E-state index contributed by atoms with van der Waals surface area (Å²) >= 11 is 0. The number of esters is 3. The highest BCUT2D eigenvalue weighted by atomic mass is 16.6. The Labute approximate surface area is 419 Å². The van der Waals surface area contributed by atoms with Gasteiger partial charge in [0.05, 0.1) is 0 Å². The van der Waals surface area contributed by atoms with Crippen LogP contribution in [0.4, 0.5) is 0 Å². The molecular formula is C62H102O6. The van der Waals surface area contributed by atoms with Crippen LogP contribution in [0.5, 0.6) is 0 Å². The Morgan fingerprint density at radius 2 is 0.588 bits per heavy atom. The average molecular weight is 943 g/mol. The highest BCUT2D eigenvalue weighted by molar-refractivity contribution is 5.71. The van der Waals surface area contributed by atoms with Crippen LogP contribution in [-0.4, -0.2) is 37.2 Å². The van der Waals surface area contributed by atoms with Crippen LogP contribution in [-0.2, 0) is 28.6 Å². The summed E-state index contributed by atoms with van der Waals surface area (Å²) in [5, 5.41) is 0. The SMILES string of the molecule is CC/C=C\C/C=C\C/C=C\C/C=C\C/C=C\CCCC(=O)OC(COC(=O)CCCCCC/C=C\C/C=C\C/C=C\CC)COC(=O)CCCCCCCCC/C=C\CCCCCCCCCC. The summed E-state index contributed by atoms with van der Waals surface area (Å²) in [6, 6.07) is 0. The van der Waals surface area contributed by atoms with E-state index in [0.717, 1.165) is 109 Å². The summed E-state index contributed by atoms with van der Waals surface area (Å²) < 4.78 is 16.8. The van der Waals surface area contributed by atoms with Gasteiger partial charge in [-0.3, -0.25) is 14.4 Å². The number of carbonyl (C=O) groups is 3. The summed E-state index contributed by atoms with van der Waals surface area (Å²) in [5.74, 6) is -0.999. The van der Waals surface area contributed by atoms with Gasteiger partial charge < -0.3 is 14.2 Å². The van der Waals surface area contributed by atoms with Gasteiger partial charge in [-0.2, -0.15) is 0 Å². The second-order valence-corrected chi connectivity index (χ2v) is 18.1. The molecule has 68 heavy (non-hydrogen) atoms. The average Bonchev–Trinajstić information content (AvgIpc) is 3.34. The smallest absolute Gasteiger partial charge is 0.306 e.